The molecule has 0 aliphatic carbocycles. The molecule has 1 aliphatic rings. The molecule has 0 radical (unpaired) electrons. The van der Waals surface area contributed by atoms with Crippen molar-refractivity contribution < 1.29 is 9.90 Å². The number of piperidine rings is 1. The van der Waals surface area contributed by atoms with E-state index in [2.05, 4.69) is 29.4 Å². The molecule has 0 aromatic carbocycles. The zero-order valence-electron chi connectivity index (χ0n) is 15.7. The van der Waals surface area contributed by atoms with Gasteiger partial charge in [-0.05, 0) is 44.4 Å². The third-order valence-corrected chi connectivity index (χ3v) is 4.74. The lowest BCUT2D eigenvalue weighted by Crippen LogP contribution is -2.46. The number of amides is 1. The molecule has 24 heavy (non-hydrogen) atoms. The van der Waals surface area contributed by atoms with Gasteiger partial charge in [0.15, 0.2) is 5.96 Å². The van der Waals surface area contributed by atoms with Gasteiger partial charge in [-0.2, -0.15) is 0 Å². The highest BCUT2D eigenvalue weighted by Crippen LogP contribution is 2.20. The van der Waals surface area contributed by atoms with E-state index in [1.165, 1.54) is 0 Å². The topological polar surface area (TPSA) is 77.0 Å². The summed E-state index contributed by atoms with van der Waals surface area (Å²) in [5.74, 6) is 2.06. The van der Waals surface area contributed by atoms with Crippen molar-refractivity contribution in [2.75, 3.05) is 39.8 Å². The number of guanidine groups is 1. The quantitative estimate of drug-likeness (QED) is 0.440. The van der Waals surface area contributed by atoms with Crippen molar-refractivity contribution in [2.45, 2.75) is 52.4 Å². The Balaban J connectivity index is 2.55. The van der Waals surface area contributed by atoms with Crippen LogP contribution in [0.5, 0.6) is 0 Å². The SMILES string of the molecule is CCCC(CCO)CN=C(NCC)N1CCC(CC(=O)NC)CC1. The van der Waals surface area contributed by atoms with Gasteiger partial charge in [-0.15, -0.1) is 0 Å². The first-order chi connectivity index (χ1) is 11.6. The molecular weight excluding hydrogens is 304 g/mol. The standard InChI is InChI=1S/C18H36N4O2/c1-4-6-16(9-12-23)14-21-18(20-5-2)22-10-7-15(8-11-22)13-17(24)19-3/h15-16,23H,4-14H2,1-3H3,(H,19,24)(H,20,21). The van der Waals surface area contributed by atoms with Crippen molar-refractivity contribution >= 4 is 11.9 Å². The molecule has 1 amide bonds. The lowest BCUT2D eigenvalue weighted by atomic mass is 9.93. The Morgan fingerprint density at radius 3 is 2.54 bits per heavy atom. The summed E-state index contributed by atoms with van der Waals surface area (Å²) in [6.45, 7) is 8.03. The maximum Gasteiger partial charge on any atom is 0.220 e. The number of hydrogen-bond acceptors (Lipinski definition) is 3. The highest BCUT2D eigenvalue weighted by molar-refractivity contribution is 5.80. The number of hydrogen-bond donors (Lipinski definition) is 3. The van der Waals surface area contributed by atoms with Gasteiger partial charge in [0.2, 0.25) is 5.91 Å². The largest absolute Gasteiger partial charge is 0.396 e. The van der Waals surface area contributed by atoms with Crippen LogP contribution in [-0.4, -0.2) is 61.7 Å². The van der Waals surface area contributed by atoms with Crippen molar-refractivity contribution in [2.24, 2.45) is 16.8 Å². The van der Waals surface area contributed by atoms with Crippen molar-refractivity contribution in [3.05, 3.63) is 0 Å². The average molecular weight is 341 g/mol. The minimum Gasteiger partial charge on any atom is -0.396 e. The number of aliphatic imine (C=N–C) groups is 1. The Morgan fingerprint density at radius 1 is 1.29 bits per heavy atom. The minimum absolute atomic E-state index is 0.139. The van der Waals surface area contributed by atoms with Crippen molar-refractivity contribution in [1.29, 1.82) is 0 Å². The highest BCUT2D eigenvalue weighted by atomic mass is 16.3. The molecule has 3 N–H and O–H groups in total. The molecule has 1 heterocycles. The first-order valence-corrected chi connectivity index (χ1v) is 9.49. The van der Waals surface area contributed by atoms with Gasteiger partial charge in [-0.25, -0.2) is 0 Å². The Morgan fingerprint density at radius 2 is 2.00 bits per heavy atom. The summed E-state index contributed by atoms with van der Waals surface area (Å²) in [5, 5.41) is 15.3. The van der Waals surface area contributed by atoms with Crippen LogP contribution in [0.4, 0.5) is 0 Å². The van der Waals surface area contributed by atoms with E-state index in [1.807, 2.05) is 0 Å². The molecule has 0 saturated carbocycles. The fourth-order valence-electron chi connectivity index (χ4n) is 3.27. The second-order valence-electron chi connectivity index (χ2n) is 6.67. The number of nitrogens with zero attached hydrogens (tertiary/aromatic N) is 2. The molecule has 1 saturated heterocycles. The van der Waals surface area contributed by atoms with Crippen LogP contribution in [-0.2, 0) is 4.79 Å². The van der Waals surface area contributed by atoms with E-state index in [4.69, 9.17) is 4.99 Å². The Labute approximate surface area is 147 Å². The van der Waals surface area contributed by atoms with Gasteiger partial charge >= 0.3 is 0 Å². The number of aliphatic hydroxyl groups excluding tert-OH is 1. The van der Waals surface area contributed by atoms with Crippen molar-refractivity contribution in [3.63, 3.8) is 0 Å². The number of nitrogens with one attached hydrogen (secondary N) is 2. The van der Waals surface area contributed by atoms with Crippen LogP contribution in [0, 0.1) is 11.8 Å². The number of aliphatic hydroxyl groups is 1. The molecule has 0 spiro atoms. The number of carbonyl (C=O) groups excluding carboxylic acids is 1. The maximum atomic E-state index is 11.5. The summed E-state index contributed by atoms with van der Waals surface area (Å²) in [6.07, 6.45) is 5.76. The van der Waals surface area contributed by atoms with Crippen LogP contribution >= 0.6 is 0 Å². The number of rotatable bonds is 9. The van der Waals surface area contributed by atoms with Crippen molar-refractivity contribution in [3.8, 4) is 0 Å². The minimum atomic E-state index is 0.139. The average Bonchev–Trinajstić information content (AvgIpc) is 2.59. The van der Waals surface area contributed by atoms with Crippen molar-refractivity contribution in [1.82, 2.24) is 15.5 Å². The third kappa shape index (κ3) is 7.51. The van der Waals surface area contributed by atoms with Gasteiger partial charge < -0.3 is 20.6 Å². The fraction of sp³-hybridized carbons (Fsp3) is 0.889. The first-order valence-electron chi connectivity index (χ1n) is 9.49. The number of likely N-dealkylation sites (tertiary alicyclic amines) is 1. The molecule has 1 aliphatic heterocycles. The van der Waals surface area contributed by atoms with Gasteiger partial charge in [0, 0.05) is 46.3 Å². The lowest BCUT2D eigenvalue weighted by Gasteiger charge is -2.34. The molecule has 0 aromatic heterocycles. The highest BCUT2D eigenvalue weighted by Gasteiger charge is 2.23. The zero-order valence-corrected chi connectivity index (χ0v) is 15.7. The molecule has 1 unspecified atom stereocenters. The summed E-state index contributed by atoms with van der Waals surface area (Å²) < 4.78 is 0. The van der Waals surface area contributed by atoms with Crippen LogP contribution in [0.2, 0.25) is 0 Å². The predicted molar refractivity (Wildman–Crippen MR) is 99.1 cm³/mol. The summed E-state index contributed by atoms with van der Waals surface area (Å²) in [6, 6.07) is 0. The second-order valence-corrected chi connectivity index (χ2v) is 6.67. The third-order valence-electron chi connectivity index (χ3n) is 4.74. The van der Waals surface area contributed by atoms with Gasteiger partial charge in [-0.1, -0.05) is 13.3 Å². The molecule has 0 aromatic rings. The Hall–Kier alpha value is -1.30. The van der Waals surface area contributed by atoms with Crippen LogP contribution in [0.1, 0.15) is 52.4 Å². The smallest absolute Gasteiger partial charge is 0.220 e. The second kappa shape index (κ2) is 12.1. The predicted octanol–water partition coefficient (Wildman–Crippen LogP) is 1.60. The maximum absolute atomic E-state index is 11.5. The van der Waals surface area contributed by atoms with Gasteiger partial charge in [0.1, 0.15) is 0 Å². The van der Waals surface area contributed by atoms with E-state index in [9.17, 15) is 9.90 Å². The molecule has 1 fully saturated rings. The zero-order chi connectivity index (χ0) is 17.8. The van der Waals surface area contributed by atoms with E-state index in [1.54, 1.807) is 7.05 Å². The van der Waals surface area contributed by atoms with E-state index in [0.717, 1.165) is 64.2 Å². The summed E-state index contributed by atoms with van der Waals surface area (Å²) in [7, 11) is 1.70. The first kappa shape index (κ1) is 20.7. The van der Waals surface area contributed by atoms with Crippen LogP contribution in [0.15, 0.2) is 4.99 Å². The lowest BCUT2D eigenvalue weighted by molar-refractivity contribution is -0.121. The number of carbonyl (C=O) groups is 1. The summed E-state index contributed by atoms with van der Waals surface area (Å²) in [5.41, 5.74) is 0. The molecule has 140 valence electrons. The van der Waals surface area contributed by atoms with Crippen LogP contribution in [0.3, 0.4) is 0 Å². The van der Waals surface area contributed by atoms with Gasteiger partial charge in [0.05, 0.1) is 0 Å². The monoisotopic (exact) mass is 340 g/mol. The van der Waals surface area contributed by atoms with E-state index in [-0.39, 0.29) is 12.5 Å². The summed E-state index contributed by atoms with van der Waals surface area (Å²) >= 11 is 0. The fourth-order valence-corrected chi connectivity index (χ4v) is 3.27. The molecular formula is C18H36N4O2. The molecule has 6 heteroatoms. The molecule has 1 atom stereocenters. The summed E-state index contributed by atoms with van der Waals surface area (Å²) in [4.78, 5) is 18.6. The van der Waals surface area contributed by atoms with E-state index >= 15 is 0 Å². The van der Waals surface area contributed by atoms with E-state index < -0.39 is 0 Å². The molecule has 1 rings (SSSR count). The van der Waals surface area contributed by atoms with Gasteiger partial charge in [0.25, 0.3) is 0 Å². The van der Waals surface area contributed by atoms with Crippen LogP contribution < -0.4 is 10.6 Å². The normalized spacial score (nSPS) is 17.7. The Kier molecular flexibility index (Phi) is 10.5. The van der Waals surface area contributed by atoms with Crippen LogP contribution in [0.25, 0.3) is 0 Å². The Bertz CT molecular complexity index is 373. The van der Waals surface area contributed by atoms with Gasteiger partial charge in [-0.3, -0.25) is 9.79 Å². The molecule has 0 bridgehead atoms. The molecule has 6 nitrogen and oxygen atoms in total. The van der Waals surface area contributed by atoms with E-state index in [0.29, 0.717) is 18.3 Å².